The fourth-order valence-corrected chi connectivity index (χ4v) is 3.17. The Morgan fingerprint density at radius 2 is 1.41 bits per heavy atom. The molecule has 0 aliphatic heterocycles. The number of nitrogens with two attached hydrogens (primary N) is 1. The van der Waals surface area contributed by atoms with Gasteiger partial charge in [0.2, 0.25) is 0 Å². The van der Waals surface area contributed by atoms with Crippen molar-refractivity contribution in [3.05, 3.63) is 95.6 Å². The molecule has 4 aromatic rings. The Bertz CT molecular complexity index is 1230. The first kappa shape index (κ1) is 18.4. The minimum Gasteiger partial charge on any atom is -0.384 e. The molecule has 0 bridgehead atoms. The Balaban J connectivity index is 1.80. The number of fused-ring (bicyclic) bond motifs is 1. The molecule has 0 unspecified atom stereocenters. The summed E-state index contributed by atoms with van der Waals surface area (Å²) in [6, 6.07) is 17.1. The number of carbonyl (C=O) groups is 2. The number of nitrogens with one attached hydrogen (secondary N) is 1. The molecule has 1 aromatic heterocycles. The van der Waals surface area contributed by atoms with Crippen LogP contribution >= 0.6 is 0 Å². The Hall–Kier alpha value is -4.00. The second-order valence-corrected chi connectivity index (χ2v) is 6.39. The van der Waals surface area contributed by atoms with Crippen LogP contribution < -0.4 is 11.1 Å². The number of rotatable bonds is 3. The van der Waals surface area contributed by atoms with Gasteiger partial charge in [0.15, 0.2) is 0 Å². The van der Waals surface area contributed by atoms with Crippen LogP contribution in [0.1, 0.15) is 20.7 Å². The molecule has 0 aliphatic carbocycles. The van der Waals surface area contributed by atoms with Crippen molar-refractivity contribution in [3.8, 4) is 0 Å². The van der Waals surface area contributed by atoms with E-state index >= 15 is 0 Å². The van der Waals surface area contributed by atoms with Crippen LogP contribution in [0.4, 0.5) is 20.3 Å². The zero-order chi connectivity index (χ0) is 20.5. The normalized spacial score (nSPS) is 10.8. The van der Waals surface area contributed by atoms with Gasteiger partial charge in [-0.15, -0.1) is 0 Å². The predicted octanol–water partition coefficient (Wildman–Crippen LogP) is 4.44. The smallest absolute Gasteiger partial charge is 0.263 e. The van der Waals surface area contributed by atoms with Gasteiger partial charge >= 0.3 is 0 Å². The SMILES string of the molecule is Nc1c(C(=O)Nc2ccc(F)cc2)c2ccccc2n1C(=O)c1ccc(F)cc1. The predicted molar refractivity (Wildman–Crippen MR) is 107 cm³/mol. The highest BCUT2D eigenvalue weighted by Gasteiger charge is 2.24. The fraction of sp³-hybridized carbons (Fsp3) is 0. The van der Waals surface area contributed by atoms with Crippen molar-refractivity contribution in [2.45, 2.75) is 0 Å². The summed E-state index contributed by atoms with van der Waals surface area (Å²) in [5.74, 6) is -1.95. The molecule has 0 spiro atoms. The van der Waals surface area contributed by atoms with Crippen LogP contribution in [0.2, 0.25) is 0 Å². The van der Waals surface area contributed by atoms with Crippen molar-refractivity contribution >= 4 is 34.2 Å². The Labute approximate surface area is 164 Å². The molecule has 3 aromatic carbocycles. The first-order chi connectivity index (χ1) is 14.0. The molecule has 0 aliphatic rings. The highest BCUT2D eigenvalue weighted by molar-refractivity contribution is 6.19. The van der Waals surface area contributed by atoms with E-state index in [0.717, 1.165) is 0 Å². The van der Waals surface area contributed by atoms with Gasteiger partial charge in [-0.05, 0) is 54.6 Å². The third-order valence-corrected chi connectivity index (χ3v) is 4.53. The van der Waals surface area contributed by atoms with Crippen molar-refractivity contribution < 1.29 is 18.4 Å². The average Bonchev–Trinajstić information content (AvgIpc) is 3.01. The van der Waals surface area contributed by atoms with Crippen molar-refractivity contribution in [2.75, 3.05) is 11.1 Å². The zero-order valence-electron chi connectivity index (χ0n) is 15.0. The Morgan fingerprint density at radius 1 is 0.828 bits per heavy atom. The van der Waals surface area contributed by atoms with E-state index in [4.69, 9.17) is 5.73 Å². The number of anilines is 2. The van der Waals surface area contributed by atoms with Crippen LogP contribution in [-0.4, -0.2) is 16.4 Å². The summed E-state index contributed by atoms with van der Waals surface area (Å²) in [4.78, 5) is 25.9. The van der Waals surface area contributed by atoms with Gasteiger partial charge in [-0.1, -0.05) is 18.2 Å². The molecule has 4 rings (SSSR count). The van der Waals surface area contributed by atoms with Crippen molar-refractivity contribution in [1.82, 2.24) is 4.57 Å². The van der Waals surface area contributed by atoms with Crippen LogP contribution in [0.3, 0.4) is 0 Å². The molecule has 3 N–H and O–H groups in total. The third kappa shape index (κ3) is 3.34. The highest BCUT2D eigenvalue weighted by Crippen LogP contribution is 2.30. The third-order valence-electron chi connectivity index (χ3n) is 4.53. The van der Waals surface area contributed by atoms with Crippen molar-refractivity contribution in [2.24, 2.45) is 0 Å². The van der Waals surface area contributed by atoms with Crippen molar-refractivity contribution in [3.63, 3.8) is 0 Å². The van der Waals surface area contributed by atoms with Gasteiger partial charge < -0.3 is 11.1 Å². The molecule has 0 fully saturated rings. The molecule has 1 amide bonds. The van der Waals surface area contributed by atoms with E-state index in [9.17, 15) is 18.4 Å². The van der Waals surface area contributed by atoms with E-state index in [1.165, 1.54) is 53.1 Å². The maximum absolute atomic E-state index is 13.2. The van der Waals surface area contributed by atoms with Crippen LogP contribution in [0.25, 0.3) is 10.9 Å². The number of nitrogen functional groups attached to an aromatic ring is 1. The maximum atomic E-state index is 13.2. The molecule has 7 heteroatoms. The van der Waals surface area contributed by atoms with Gasteiger partial charge in [-0.25, -0.2) is 8.78 Å². The standard InChI is InChI=1S/C22H15F2N3O2/c23-14-7-5-13(6-8-14)22(29)27-18-4-2-1-3-17(18)19(20(27)25)21(28)26-16-11-9-15(24)10-12-16/h1-12H,25H2,(H,26,28). The van der Waals surface area contributed by atoms with Gasteiger partial charge in [0, 0.05) is 16.6 Å². The maximum Gasteiger partial charge on any atom is 0.263 e. The number of hydrogen-bond donors (Lipinski definition) is 2. The summed E-state index contributed by atoms with van der Waals surface area (Å²) < 4.78 is 27.5. The molecule has 1 heterocycles. The number of benzene rings is 3. The second kappa shape index (κ2) is 7.20. The Morgan fingerprint density at radius 3 is 2.07 bits per heavy atom. The lowest BCUT2D eigenvalue weighted by Crippen LogP contribution is -2.18. The van der Waals surface area contributed by atoms with E-state index in [0.29, 0.717) is 16.6 Å². The average molecular weight is 391 g/mol. The summed E-state index contributed by atoms with van der Waals surface area (Å²) >= 11 is 0. The van der Waals surface area contributed by atoms with Crippen LogP contribution in [-0.2, 0) is 0 Å². The number of halogens is 2. The summed E-state index contributed by atoms with van der Waals surface area (Å²) in [5, 5.41) is 3.14. The van der Waals surface area contributed by atoms with Gasteiger partial charge in [0.1, 0.15) is 17.5 Å². The number of carbonyl (C=O) groups excluding carboxylic acids is 2. The van der Waals surface area contributed by atoms with E-state index in [1.807, 2.05) is 0 Å². The molecule has 0 atom stereocenters. The van der Waals surface area contributed by atoms with E-state index in [1.54, 1.807) is 24.3 Å². The lowest BCUT2D eigenvalue weighted by molar-refractivity contribution is 0.0967. The number of amides is 1. The van der Waals surface area contributed by atoms with Crippen LogP contribution in [0.5, 0.6) is 0 Å². The quantitative estimate of drug-likeness (QED) is 0.542. The molecule has 0 saturated carbocycles. The number of aromatic nitrogens is 1. The number of hydrogen-bond acceptors (Lipinski definition) is 3. The lowest BCUT2D eigenvalue weighted by atomic mass is 10.1. The summed E-state index contributed by atoms with van der Waals surface area (Å²) in [6.07, 6.45) is 0. The van der Waals surface area contributed by atoms with Gasteiger partial charge in [-0.2, -0.15) is 0 Å². The zero-order valence-corrected chi connectivity index (χ0v) is 15.0. The van der Waals surface area contributed by atoms with Gasteiger partial charge in [0.05, 0.1) is 11.1 Å². The minimum atomic E-state index is -0.532. The van der Waals surface area contributed by atoms with Gasteiger partial charge in [0.25, 0.3) is 11.8 Å². The molecule has 5 nitrogen and oxygen atoms in total. The highest BCUT2D eigenvalue weighted by atomic mass is 19.1. The van der Waals surface area contributed by atoms with Gasteiger partial charge in [-0.3, -0.25) is 14.2 Å². The van der Waals surface area contributed by atoms with Crippen LogP contribution in [0, 0.1) is 11.6 Å². The minimum absolute atomic E-state index is 0.0415. The fourth-order valence-electron chi connectivity index (χ4n) is 3.17. The molecule has 0 saturated heterocycles. The lowest BCUT2D eigenvalue weighted by Gasteiger charge is -2.08. The van der Waals surface area contributed by atoms with Crippen molar-refractivity contribution in [1.29, 1.82) is 0 Å². The van der Waals surface area contributed by atoms with E-state index in [-0.39, 0.29) is 16.9 Å². The Kier molecular flexibility index (Phi) is 4.56. The first-order valence-electron chi connectivity index (χ1n) is 8.72. The number of nitrogens with zero attached hydrogens (tertiary/aromatic N) is 1. The molecule has 29 heavy (non-hydrogen) atoms. The van der Waals surface area contributed by atoms with E-state index in [2.05, 4.69) is 5.32 Å². The summed E-state index contributed by atoms with van der Waals surface area (Å²) in [6.45, 7) is 0. The molecule has 144 valence electrons. The largest absolute Gasteiger partial charge is 0.384 e. The number of para-hydroxylation sites is 1. The molecular formula is C22H15F2N3O2. The topological polar surface area (TPSA) is 77.1 Å². The summed E-state index contributed by atoms with van der Waals surface area (Å²) in [7, 11) is 0. The molecule has 0 radical (unpaired) electrons. The van der Waals surface area contributed by atoms with E-state index < -0.39 is 23.4 Å². The second-order valence-electron chi connectivity index (χ2n) is 6.39. The summed E-state index contributed by atoms with van der Waals surface area (Å²) in [5.41, 5.74) is 7.40. The monoisotopic (exact) mass is 391 g/mol. The van der Waals surface area contributed by atoms with Crippen LogP contribution in [0.15, 0.2) is 72.8 Å². The molecular weight excluding hydrogens is 376 g/mol. The first-order valence-corrected chi connectivity index (χ1v) is 8.72.